The first-order valence-electron chi connectivity index (χ1n) is 10.4. The Morgan fingerprint density at radius 2 is 0.451 bits per heavy atom. The first kappa shape index (κ1) is 142. The van der Waals surface area contributed by atoms with Crippen LogP contribution in [0.5, 0.6) is 0 Å². The van der Waals surface area contributed by atoms with Crippen molar-refractivity contribution in [1.29, 1.82) is 0 Å². The fourth-order valence-corrected chi connectivity index (χ4v) is 2.28. The summed E-state index contributed by atoms with van der Waals surface area (Å²) in [6.45, 7) is 53.8. The van der Waals surface area contributed by atoms with Gasteiger partial charge in [0.1, 0.15) is 0 Å². The minimum absolute atomic E-state index is 0. The zero-order valence-corrected chi connectivity index (χ0v) is 38.6. The van der Waals surface area contributed by atoms with Crippen molar-refractivity contribution < 1.29 is 171 Å². The van der Waals surface area contributed by atoms with E-state index in [4.69, 9.17) is 71.1 Å². The molecule has 0 aromatic carbocycles. The molecule has 2 aliphatic carbocycles. The number of rotatable bonds is 0. The summed E-state index contributed by atoms with van der Waals surface area (Å²) in [7, 11) is 0. The molecule has 297 valence electrons. The van der Waals surface area contributed by atoms with E-state index < -0.39 is 0 Å². The predicted octanol–water partition coefficient (Wildman–Crippen LogP) is 0.936. The molecule has 3 radical (unpaired) electrons. The van der Waals surface area contributed by atoms with Crippen LogP contribution in [0, 0.1) is 48.1 Å². The topological polar surface area (TPSA) is 262 Å². The van der Waals surface area contributed by atoms with Crippen molar-refractivity contribution in [2.45, 2.75) is 77.0 Å². The van der Waals surface area contributed by atoms with Crippen molar-refractivity contribution in [3.8, 4) is 0 Å². The number of carbonyl (C=O) groups excluding carboxylic acids is 9. The molecule has 0 aromatic heterocycles. The van der Waals surface area contributed by atoms with E-state index in [9.17, 15) is 0 Å². The molecule has 51 heavy (non-hydrogen) atoms. The standard InChI is InChI=1S/2C5H10.C4H8O.9CHO.5CO.2CH3.HI.2Mn.Na.2Ru.H/c3*1-2-4-5-3-1;14*1-2;;;;;;;;;/h2*1-5H2;1-4H2;9*1H;;;;;;2*1H3;1H;;;;;;/q;;;9*-1;;;;;;2*-1;;;;+1;+3;+4;-1/p-1. The summed E-state index contributed by atoms with van der Waals surface area (Å²) in [5.74, 6) is 0. The molecule has 0 bridgehead atoms. The van der Waals surface area contributed by atoms with Gasteiger partial charge in [-0.15, -0.1) is 0 Å². The number of halogens is 1. The number of hydrogen-bond acceptors (Lipinski definition) is 10. The van der Waals surface area contributed by atoms with E-state index in [1.165, 1.54) is 77.0 Å². The fraction of sp³-hybridized carbons (Fsp3) is 0.467. The van der Waals surface area contributed by atoms with Crippen LogP contribution in [0.15, 0.2) is 0 Å². The Morgan fingerprint density at radius 1 is 0.373 bits per heavy atom. The summed E-state index contributed by atoms with van der Waals surface area (Å²) in [6, 6.07) is 0. The minimum atomic E-state index is 0. The van der Waals surface area contributed by atoms with Gasteiger partial charge in [-0.3, -0.25) is 61.1 Å². The van der Waals surface area contributed by atoms with Crippen molar-refractivity contribution in [1.82, 2.24) is 0 Å². The molecule has 0 atom stereocenters. The van der Waals surface area contributed by atoms with Crippen molar-refractivity contribution in [2.24, 2.45) is 0 Å². The third-order valence-corrected chi connectivity index (χ3v) is 3.33. The molecule has 1 aliphatic heterocycles. The molecule has 1 saturated heterocycles. The molecular weight excluding hydrogens is 1060 g/mol. The van der Waals surface area contributed by atoms with E-state index in [0.717, 1.165) is 13.2 Å². The predicted molar refractivity (Wildman–Crippen MR) is 175 cm³/mol. The van der Waals surface area contributed by atoms with Gasteiger partial charge in [0.15, 0.2) is 0 Å². The van der Waals surface area contributed by atoms with E-state index in [2.05, 4.69) is 129 Å². The van der Waals surface area contributed by atoms with Crippen LogP contribution in [0.4, 0.5) is 0 Å². The van der Waals surface area contributed by atoms with E-state index in [1.807, 2.05) is 0 Å². The molecule has 0 unspecified atom stereocenters. The summed E-state index contributed by atoms with van der Waals surface area (Å²) in [5, 5.41) is 0. The normalized spacial score (nSPS) is 8.06. The average Bonchev–Trinajstić information content (AvgIpc) is 4.09. The van der Waals surface area contributed by atoms with Gasteiger partial charge in [0.25, 0.3) is 0 Å². The van der Waals surface area contributed by atoms with Gasteiger partial charge in [-0.25, -0.2) is 0 Å². The molecule has 0 N–H and O–H groups in total. The molecule has 0 aromatic rings. The van der Waals surface area contributed by atoms with E-state index >= 15 is 0 Å². The molecular formula is C30H44IMn2NaO15Ru2-5. The molecule has 3 rings (SSSR count). The Bertz CT molecular complexity index is 353. The molecule has 21 heteroatoms. The van der Waals surface area contributed by atoms with Crippen LogP contribution in [0.25, 0.3) is 0 Å². The monoisotopic (exact) mass is 1110 g/mol. The quantitative estimate of drug-likeness (QED) is 0.109. The molecule has 15 nitrogen and oxygen atoms in total. The summed E-state index contributed by atoms with van der Waals surface area (Å²) in [5.41, 5.74) is 0. The van der Waals surface area contributed by atoms with Crippen LogP contribution in [0.2, 0.25) is 0 Å². The van der Waals surface area contributed by atoms with Crippen LogP contribution in [0.3, 0.4) is 0 Å². The molecule has 3 fully saturated rings. The number of hydrogen-bond donors (Lipinski definition) is 0. The Morgan fingerprint density at radius 3 is 0.490 bits per heavy atom. The van der Waals surface area contributed by atoms with Gasteiger partial charge in [0.05, 0.1) is 0 Å². The van der Waals surface area contributed by atoms with Gasteiger partial charge in [-0.05, 0) is 12.8 Å². The fourth-order valence-electron chi connectivity index (χ4n) is 2.28. The summed E-state index contributed by atoms with van der Waals surface area (Å²) < 4.78 is 42.4. The maximum absolute atomic E-state index is 7.75. The van der Waals surface area contributed by atoms with E-state index in [0.29, 0.717) is 0 Å². The zero-order chi connectivity index (χ0) is 40.6. The van der Waals surface area contributed by atoms with E-state index in [1.54, 1.807) is 0 Å². The summed E-state index contributed by atoms with van der Waals surface area (Å²) in [6.07, 6.45) is 17.6. The van der Waals surface area contributed by atoms with Gasteiger partial charge in [0, 0.05) is 47.4 Å². The van der Waals surface area contributed by atoms with Gasteiger partial charge >= 0.3 is 140 Å². The third-order valence-electron chi connectivity index (χ3n) is 3.33. The van der Waals surface area contributed by atoms with E-state index in [-0.39, 0.29) is 99.5 Å². The second-order valence-electron chi connectivity index (χ2n) is 4.86. The van der Waals surface area contributed by atoms with Crippen molar-refractivity contribution in [3.63, 3.8) is 0 Å². The zero-order valence-electron chi connectivity index (χ0n) is 29.6. The van der Waals surface area contributed by atoms with Crippen molar-refractivity contribution in [2.75, 3.05) is 13.2 Å². The van der Waals surface area contributed by atoms with Crippen LogP contribution < -0.4 is 29.6 Å². The first-order chi connectivity index (χ1) is 22.5. The number of ether oxygens (including phenoxy) is 1. The second kappa shape index (κ2) is 545. The molecule has 2 saturated carbocycles. The third kappa shape index (κ3) is 523. The Kier molecular flexibility index (Phi) is 1520. The van der Waals surface area contributed by atoms with Crippen LogP contribution in [-0.4, -0.2) is 74.3 Å². The molecule has 3 aliphatic rings. The molecule has 0 amide bonds. The van der Waals surface area contributed by atoms with Crippen molar-refractivity contribution >= 4 is 80.9 Å². The Labute approximate surface area is 385 Å². The SMILES string of the molecule is C1CCCC1.C1CCCC1.C1CCOC1.[C-]#[O+].[C-]#[O+].[C-]#[O+].[C-]#[O+].[C-]#[O+].[CH-]=O.[CH-]=O.[CH-]=O.[CH-]=O.[CH-]=O.[CH-]=O.[CH-]=O.[CH-]=O.[CH-]=O.[CH3-].[CH3-].[H-].[Mn].[Mn].[Na+].[Ru+3].[Ru+3][I]. The van der Waals surface area contributed by atoms with Gasteiger partial charge in [-0.2, -0.15) is 0 Å². The van der Waals surface area contributed by atoms with Gasteiger partial charge in [-0.1, -0.05) is 64.2 Å². The summed E-state index contributed by atoms with van der Waals surface area (Å²) >= 11 is 4.40. The summed E-state index contributed by atoms with van der Waals surface area (Å²) in [4.78, 5) is 69.8. The Hall–Kier alpha value is -0.294. The van der Waals surface area contributed by atoms with Crippen molar-refractivity contribution in [3.05, 3.63) is 48.1 Å². The first-order valence-corrected chi connectivity index (χ1v) is 15.5. The maximum atomic E-state index is 7.75. The van der Waals surface area contributed by atoms with Crippen LogP contribution in [0.1, 0.15) is 78.5 Å². The van der Waals surface area contributed by atoms with Gasteiger partial charge < -0.3 is 64.2 Å². The van der Waals surface area contributed by atoms with Crippen LogP contribution >= 0.6 is 19.8 Å². The average molecular weight is 1110 g/mol. The molecule has 1 heterocycles. The second-order valence-corrected chi connectivity index (χ2v) is 4.86. The van der Waals surface area contributed by atoms with Gasteiger partial charge in [0.2, 0.25) is 0 Å². The Balaban J connectivity index is -0.00000000929. The van der Waals surface area contributed by atoms with Crippen LogP contribution in [-0.2, 0) is 140 Å². The molecule has 0 spiro atoms.